The van der Waals surface area contributed by atoms with Crippen molar-refractivity contribution in [1.82, 2.24) is 0 Å². The first-order valence-electron chi connectivity index (χ1n) is 6.60. The third-order valence-electron chi connectivity index (χ3n) is 4.87. The van der Waals surface area contributed by atoms with Crippen LogP contribution in [0, 0.1) is 0 Å². The summed E-state index contributed by atoms with van der Waals surface area (Å²) in [4.78, 5) is 0. The van der Waals surface area contributed by atoms with Gasteiger partial charge in [0.15, 0.2) is 0 Å². The Balaban J connectivity index is 2.93. The van der Waals surface area contributed by atoms with E-state index >= 15 is 0 Å². The predicted octanol–water partition coefficient (Wildman–Crippen LogP) is 3.67. The van der Waals surface area contributed by atoms with Crippen molar-refractivity contribution in [2.45, 2.75) is 77.8 Å². The highest BCUT2D eigenvalue weighted by Gasteiger charge is 2.58. The lowest BCUT2D eigenvalue weighted by atomic mass is 9.90. The van der Waals surface area contributed by atoms with Crippen LogP contribution in [0.1, 0.15) is 48.5 Å². The Morgan fingerprint density at radius 2 is 1.12 bits per heavy atom. The SMILES string of the molecule is CC[Si](CC)(CC)B1OC(C)(C)C(C)(C)O1. The standard InChI is InChI=1S/C12H27BO2Si/c1-8-16(9-2,10-3)13-14-11(4,5)12(6,7)15-13/h8-10H2,1-7H3. The Morgan fingerprint density at radius 3 is 1.38 bits per heavy atom. The van der Waals surface area contributed by atoms with E-state index in [4.69, 9.17) is 9.31 Å². The summed E-state index contributed by atoms with van der Waals surface area (Å²) in [5.41, 5.74) is -0.342. The highest BCUT2D eigenvalue weighted by atomic mass is 28.3. The molecule has 0 unspecified atom stereocenters. The first-order valence-corrected chi connectivity index (χ1v) is 9.30. The van der Waals surface area contributed by atoms with Gasteiger partial charge in [-0.1, -0.05) is 38.9 Å². The fourth-order valence-corrected chi connectivity index (χ4v) is 5.93. The van der Waals surface area contributed by atoms with E-state index in [2.05, 4.69) is 48.5 Å². The first kappa shape index (κ1) is 14.3. The summed E-state index contributed by atoms with van der Waals surface area (Å²) in [6.45, 7) is 15.6. The van der Waals surface area contributed by atoms with Crippen LogP contribution in [0.15, 0.2) is 0 Å². The Bertz CT molecular complexity index is 225. The number of rotatable bonds is 4. The van der Waals surface area contributed by atoms with Crippen molar-refractivity contribution in [3.63, 3.8) is 0 Å². The summed E-state index contributed by atoms with van der Waals surface area (Å²) in [6.07, 6.45) is 0. The van der Waals surface area contributed by atoms with Crippen molar-refractivity contribution in [3.8, 4) is 0 Å². The highest BCUT2D eigenvalue weighted by Crippen LogP contribution is 2.41. The summed E-state index contributed by atoms with van der Waals surface area (Å²) in [6, 6.07) is 3.74. The van der Waals surface area contributed by atoms with Gasteiger partial charge in [0.25, 0.3) is 0 Å². The molecule has 0 aromatic rings. The third-order valence-corrected chi connectivity index (χ3v) is 10.3. The van der Waals surface area contributed by atoms with Gasteiger partial charge in [-0.05, 0) is 27.7 Å². The van der Waals surface area contributed by atoms with Gasteiger partial charge in [-0.25, -0.2) is 0 Å². The Kier molecular flexibility index (Phi) is 3.98. The van der Waals surface area contributed by atoms with Crippen LogP contribution in [0.5, 0.6) is 0 Å². The zero-order valence-corrected chi connectivity index (χ0v) is 13.0. The zero-order chi connectivity index (χ0) is 12.6. The van der Waals surface area contributed by atoms with Crippen molar-refractivity contribution in [1.29, 1.82) is 0 Å². The molecule has 0 aromatic heterocycles. The normalized spacial score (nSPS) is 23.8. The number of hydrogen-bond acceptors (Lipinski definition) is 2. The van der Waals surface area contributed by atoms with Crippen LogP contribution in [0.4, 0.5) is 0 Å². The van der Waals surface area contributed by atoms with E-state index in [1.165, 1.54) is 18.1 Å². The summed E-state index contributed by atoms with van der Waals surface area (Å²) < 4.78 is 12.5. The molecule has 2 nitrogen and oxygen atoms in total. The molecular weight excluding hydrogens is 215 g/mol. The van der Waals surface area contributed by atoms with Gasteiger partial charge < -0.3 is 9.31 Å². The maximum absolute atomic E-state index is 6.24. The van der Waals surface area contributed by atoms with Crippen LogP contribution >= 0.6 is 0 Å². The molecule has 1 rings (SSSR count). The van der Waals surface area contributed by atoms with Gasteiger partial charge >= 0.3 is 6.71 Å². The molecule has 1 saturated heterocycles. The lowest BCUT2D eigenvalue weighted by Gasteiger charge is -2.32. The topological polar surface area (TPSA) is 18.5 Å². The molecule has 0 saturated carbocycles. The molecule has 0 atom stereocenters. The van der Waals surface area contributed by atoms with Crippen molar-refractivity contribution in [3.05, 3.63) is 0 Å². The van der Waals surface area contributed by atoms with Gasteiger partial charge in [-0.15, -0.1) is 0 Å². The molecule has 0 bridgehead atoms. The first-order chi connectivity index (χ1) is 7.24. The monoisotopic (exact) mass is 242 g/mol. The maximum Gasteiger partial charge on any atom is 0.433 e. The average Bonchev–Trinajstić information content (AvgIpc) is 2.40. The largest absolute Gasteiger partial charge is 0.433 e. The van der Waals surface area contributed by atoms with Gasteiger partial charge in [-0.3, -0.25) is 0 Å². The van der Waals surface area contributed by atoms with Gasteiger partial charge in [0.1, 0.15) is 7.94 Å². The molecule has 0 N–H and O–H groups in total. The third kappa shape index (κ3) is 2.12. The second-order valence-corrected chi connectivity index (χ2v) is 11.3. The number of hydrogen-bond donors (Lipinski definition) is 0. The molecule has 1 aliphatic heterocycles. The van der Waals surface area contributed by atoms with Crippen molar-refractivity contribution in [2.24, 2.45) is 0 Å². The zero-order valence-electron chi connectivity index (χ0n) is 12.0. The molecule has 4 heteroatoms. The van der Waals surface area contributed by atoms with E-state index in [0.29, 0.717) is 0 Å². The molecule has 94 valence electrons. The molecule has 0 spiro atoms. The fourth-order valence-electron chi connectivity index (χ4n) is 2.34. The molecule has 1 fully saturated rings. The maximum atomic E-state index is 6.24. The van der Waals surface area contributed by atoms with Crippen LogP contribution < -0.4 is 0 Å². The van der Waals surface area contributed by atoms with Crippen LogP contribution in [0.3, 0.4) is 0 Å². The summed E-state index contributed by atoms with van der Waals surface area (Å²) >= 11 is 0. The van der Waals surface area contributed by atoms with Gasteiger partial charge in [0.2, 0.25) is 0 Å². The molecule has 0 aromatic carbocycles. The predicted molar refractivity (Wildman–Crippen MR) is 73.3 cm³/mol. The lowest BCUT2D eigenvalue weighted by molar-refractivity contribution is 0.00578. The minimum absolute atomic E-state index is 0.0810. The average molecular weight is 242 g/mol. The smallest absolute Gasteiger partial charge is 0.406 e. The fraction of sp³-hybridized carbons (Fsp3) is 1.00. The van der Waals surface area contributed by atoms with Crippen LogP contribution in [0.25, 0.3) is 0 Å². The Labute approximate surface area is 102 Å². The quantitative estimate of drug-likeness (QED) is 0.700. The molecule has 0 radical (unpaired) electrons. The Morgan fingerprint density at radius 1 is 0.812 bits per heavy atom. The molecule has 0 aliphatic carbocycles. The summed E-state index contributed by atoms with van der Waals surface area (Å²) in [5.74, 6) is 0. The lowest BCUT2D eigenvalue weighted by Crippen LogP contribution is -2.51. The minimum Gasteiger partial charge on any atom is -0.406 e. The van der Waals surface area contributed by atoms with Crippen molar-refractivity contribution in [2.75, 3.05) is 0 Å². The van der Waals surface area contributed by atoms with E-state index in [9.17, 15) is 0 Å². The van der Waals surface area contributed by atoms with E-state index < -0.39 is 7.94 Å². The van der Waals surface area contributed by atoms with Crippen molar-refractivity contribution < 1.29 is 9.31 Å². The van der Waals surface area contributed by atoms with Crippen LogP contribution in [-0.4, -0.2) is 25.9 Å². The molecule has 1 heterocycles. The minimum atomic E-state index is -1.41. The van der Waals surface area contributed by atoms with E-state index in [1.54, 1.807) is 0 Å². The summed E-state index contributed by atoms with van der Waals surface area (Å²) in [7, 11) is -1.41. The van der Waals surface area contributed by atoms with Crippen LogP contribution in [0.2, 0.25) is 18.1 Å². The highest BCUT2D eigenvalue weighted by molar-refractivity contribution is 7.28. The van der Waals surface area contributed by atoms with E-state index in [1.807, 2.05) is 0 Å². The van der Waals surface area contributed by atoms with Crippen LogP contribution in [-0.2, 0) is 9.31 Å². The molecular formula is C12H27BO2Si. The van der Waals surface area contributed by atoms with Gasteiger partial charge in [0, 0.05) is 0 Å². The van der Waals surface area contributed by atoms with Gasteiger partial charge in [0.05, 0.1) is 11.2 Å². The summed E-state index contributed by atoms with van der Waals surface area (Å²) in [5, 5.41) is 0. The molecule has 16 heavy (non-hydrogen) atoms. The van der Waals surface area contributed by atoms with E-state index in [-0.39, 0.29) is 17.9 Å². The van der Waals surface area contributed by atoms with E-state index in [0.717, 1.165) is 0 Å². The second-order valence-electron chi connectivity index (χ2n) is 6.01. The van der Waals surface area contributed by atoms with Crippen molar-refractivity contribution >= 4 is 14.7 Å². The molecule has 1 aliphatic rings. The second kappa shape index (κ2) is 4.47. The Hall–Kier alpha value is 0.202. The molecule has 0 amide bonds. The van der Waals surface area contributed by atoms with Gasteiger partial charge in [-0.2, -0.15) is 0 Å².